The maximum atomic E-state index is 11.5. The Morgan fingerprint density at radius 3 is 2.67 bits per heavy atom. The molecular formula is C12H21NO2. The maximum Gasteiger partial charge on any atom is 0.146 e. The van der Waals surface area contributed by atoms with Crippen LogP contribution >= 0.6 is 0 Å². The molecule has 0 radical (unpaired) electrons. The van der Waals surface area contributed by atoms with Gasteiger partial charge in [0, 0.05) is 6.54 Å². The number of piperidine rings is 1. The number of likely N-dealkylation sites (N-methyl/N-ethyl adjacent to an activating group) is 1. The first-order valence-corrected chi connectivity index (χ1v) is 5.96. The molecule has 0 amide bonds. The van der Waals surface area contributed by atoms with Gasteiger partial charge in [0.25, 0.3) is 0 Å². The lowest BCUT2D eigenvalue weighted by atomic mass is 9.71. The van der Waals surface area contributed by atoms with Crippen molar-refractivity contribution in [3.63, 3.8) is 0 Å². The number of fused-ring (bicyclic) bond motifs is 1. The van der Waals surface area contributed by atoms with E-state index in [1.807, 2.05) is 7.05 Å². The second-order valence-corrected chi connectivity index (χ2v) is 5.29. The molecule has 0 aromatic carbocycles. The van der Waals surface area contributed by atoms with Crippen LogP contribution in [0.1, 0.15) is 32.6 Å². The van der Waals surface area contributed by atoms with Crippen molar-refractivity contribution in [1.82, 2.24) is 4.90 Å². The van der Waals surface area contributed by atoms with Gasteiger partial charge in [0.15, 0.2) is 0 Å². The molecule has 2 rings (SSSR count). The lowest BCUT2D eigenvalue weighted by molar-refractivity contribution is -0.125. The van der Waals surface area contributed by atoms with Crippen molar-refractivity contribution in [3.05, 3.63) is 0 Å². The molecule has 0 unspecified atom stereocenters. The highest BCUT2D eigenvalue weighted by atomic mass is 16.3. The van der Waals surface area contributed by atoms with Crippen molar-refractivity contribution in [2.75, 3.05) is 13.6 Å². The summed E-state index contributed by atoms with van der Waals surface area (Å²) in [7, 11) is 2.05. The zero-order chi connectivity index (χ0) is 11.0. The largest absolute Gasteiger partial charge is 0.393 e. The minimum Gasteiger partial charge on any atom is -0.393 e. The first-order chi connectivity index (χ1) is 7.08. The van der Waals surface area contributed by atoms with Crippen LogP contribution in [-0.4, -0.2) is 41.5 Å². The van der Waals surface area contributed by atoms with Gasteiger partial charge in [0.2, 0.25) is 0 Å². The molecule has 1 N–H and O–H groups in total. The van der Waals surface area contributed by atoms with Gasteiger partial charge in [-0.1, -0.05) is 0 Å². The van der Waals surface area contributed by atoms with Crippen LogP contribution in [0, 0.1) is 11.8 Å². The van der Waals surface area contributed by atoms with E-state index in [2.05, 4.69) is 4.90 Å². The lowest BCUT2D eigenvalue weighted by Gasteiger charge is -2.44. The molecule has 86 valence electrons. The third kappa shape index (κ3) is 2.23. The number of aliphatic hydroxyl groups is 1. The number of ketones is 1. The average molecular weight is 211 g/mol. The Balaban J connectivity index is 2.03. The zero-order valence-corrected chi connectivity index (χ0v) is 9.65. The van der Waals surface area contributed by atoms with E-state index in [-0.39, 0.29) is 17.9 Å². The summed E-state index contributed by atoms with van der Waals surface area (Å²) in [5, 5.41) is 9.64. The Hall–Kier alpha value is -0.410. The number of nitrogens with zero attached hydrogens (tertiary/aromatic N) is 1. The van der Waals surface area contributed by atoms with Gasteiger partial charge in [-0.3, -0.25) is 9.69 Å². The van der Waals surface area contributed by atoms with E-state index >= 15 is 0 Å². The van der Waals surface area contributed by atoms with Crippen molar-refractivity contribution in [1.29, 1.82) is 0 Å². The molecule has 15 heavy (non-hydrogen) atoms. The highest BCUT2D eigenvalue weighted by Crippen LogP contribution is 2.38. The topological polar surface area (TPSA) is 40.5 Å². The van der Waals surface area contributed by atoms with Gasteiger partial charge in [-0.05, 0) is 51.5 Å². The second-order valence-electron chi connectivity index (χ2n) is 5.29. The number of hydrogen-bond donors (Lipinski definition) is 1. The molecule has 3 nitrogen and oxygen atoms in total. The quantitative estimate of drug-likeness (QED) is 0.705. The second kappa shape index (κ2) is 4.22. The lowest BCUT2D eigenvalue weighted by Crippen LogP contribution is -2.50. The van der Waals surface area contributed by atoms with Crippen LogP contribution in [0.25, 0.3) is 0 Å². The van der Waals surface area contributed by atoms with Gasteiger partial charge in [-0.2, -0.15) is 0 Å². The van der Waals surface area contributed by atoms with E-state index < -0.39 is 0 Å². The molecule has 1 aliphatic carbocycles. The number of Topliss-reactive ketones (excluding diaryl/α,β-unsaturated/α-hetero) is 1. The maximum absolute atomic E-state index is 11.5. The molecule has 0 bridgehead atoms. The van der Waals surface area contributed by atoms with Crippen LogP contribution < -0.4 is 0 Å². The molecule has 1 heterocycles. The van der Waals surface area contributed by atoms with Crippen LogP contribution in [0.4, 0.5) is 0 Å². The number of aliphatic hydroxyl groups excluding tert-OH is 1. The zero-order valence-electron chi connectivity index (χ0n) is 9.65. The summed E-state index contributed by atoms with van der Waals surface area (Å²) < 4.78 is 0. The predicted molar refractivity (Wildman–Crippen MR) is 58.6 cm³/mol. The van der Waals surface area contributed by atoms with Crippen molar-refractivity contribution in [3.8, 4) is 0 Å². The molecular weight excluding hydrogens is 190 g/mol. The number of carbonyl (C=O) groups is 1. The number of hydrogen-bond acceptors (Lipinski definition) is 3. The number of likely N-dealkylation sites (tertiary alicyclic amines) is 1. The summed E-state index contributed by atoms with van der Waals surface area (Å²) in [6.07, 6.45) is 3.80. The normalized spacial score (nSPS) is 42.3. The molecule has 2 fully saturated rings. The van der Waals surface area contributed by atoms with Crippen LogP contribution in [0.15, 0.2) is 0 Å². The third-order valence-corrected chi connectivity index (χ3v) is 4.16. The summed E-state index contributed by atoms with van der Waals surface area (Å²) in [5.41, 5.74) is 0. The monoisotopic (exact) mass is 211 g/mol. The summed E-state index contributed by atoms with van der Waals surface area (Å²) in [5.74, 6) is 1.55. The average Bonchev–Trinajstić information content (AvgIpc) is 2.17. The van der Waals surface area contributed by atoms with Gasteiger partial charge < -0.3 is 5.11 Å². The molecule has 0 aromatic heterocycles. The van der Waals surface area contributed by atoms with Gasteiger partial charge >= 0.3 is 0 Å². The highest BCUT2D eigenvalue weighted by Gasteiger charge is 2.38. The molecule has 2 aliphatic rings. The molecule has 0 aromatic rings. The van der Waals surface area contributed by atoms with E-state index in [1.54, 1.807) is 6.92 Å². The Kier molecular flexibility index (Phi) is 3.12. The first-order valence-electron chi connectivity index (χ1n) is 5.96. The first kappa shape index (κ1) is 11.1. The molecule has 4 atom stereocenters. The molecule has 1 saturated heterocycles. The molecule has 0 spiro atoms. The smallest absolute Gasteiger partial charge is 0.146 e. The fraction of sp³-hybridized carbons (Fsp3) is 0.917. The van der Waals surface area contributed by atoms with E-state index in [1.165, 1.54) is 0 Å². The Morgan fingerprint density at radius 1 is 1.27 bits per heavy atom. The standard InChI is InChI=1S/C12H21NO2/c1-8(14)12-6-10-5-11(15)4-3-9(10)7-13(12)2/h9-12,15H,3-7H2,1-2H3/t9-,10+,11-,12-/m0/s1. The minimum atomic E-state index is -0.123. The SMILES string of the molecule is CC(=O)[C@@H]1C[C@H]2C[C@@H](O)CC[C@H]2CN1C. The van der Waals surface area contributed by atoms with Gasteiger partial charge in [-0.15, -0.1) is 0 Å². The van der Waals surface area contributed by atoms with Crippen LogP contribution in [-0.2, 0) is 4.79 Å². The molecule has 1 saturated carbocycles. The van der Waals surface area contributed by atoms with Gasteiger partial charge in [-0.25, -0.2) is 0 Å². The highest BCUT2D eigenvalue weighted by molar-refractivity contribution is 5.81. The van der Waals surface area contributed by atoms with E-state index in [0.717, 1.165) is 32.2 Å². The summed E-state index contributed by atoms with van der Waals surface area (Å²) in [6, 6.07) is 0.0940. The fourth-order valence-electron chi connectivity index (χ4n) is 3.27. The van der Waals surface area contributed by atoms with Crippen LogP contribution in [0.3, 0.4) is 0 Å². The van der Waals surface area contributed by atoms with Gasteiger partial charge in [0.1, 0.15) is 5.78 Å². The Morgan fingerprint density at radius 2 is 2.00 bits per heavy atom. The van der Waals surface area contributed by atoms with Crippen molar-refractivity contribution < 1.29 is 9.90 Å². The Bertz CT molecular complexity index is 254. The Labute approximate surface area is 91.5 Å². The van der Waals surface area contributed by atoms with E-state index in [0.29, 0.717) is 11.8 Å². The van der Waals surface area contributed by atoms with Gasteiger partial charge in [0.05, 0.1) is 12.1 Å². The summed E-state index contributed by atoms with van der Waals surface area (Å²) in [4.78, 5) is 13.7. The molecule has 1 aliphatic heterocycles. The van der Waals surface area contributed by atoms with Crippen molar-refractivity contribution in [2.45, 2.75) is 44.8 Å². The summed E-state index contributed by atoms with van der Waals surface area (Å²) >= 11 is 0. The number of carbonyl (C=O) groups excluding carboxylic acids is 1. The van der Waals surface area contributed by atoms with Crippen LogP contribution in [0.2, 0.25) is 0 Å². The summed E-state index contributed by atoms with van der Waals surface area (Å²) in [6.45, 7) is 2.71. The third-order valence-electron chi connectivity index (χ3n) is 4.16. The number of rotatable bonds is 1. The molecule has 3 heteroatoms. The van der Waals surface area contributed by atoms with E-state index in [4.69, 9.17) is 0 Å². The van der Waals surface area contributed by atoms with Crippen LogP contribution in [0.5, 0.6) is 0 Å². The fourth-order valence-corrected chi connectivity index (χ4v) is 3.27. The predicted octanol–water partition coefficient (Wildman–Crippen LogP) is 1.06. The van der Waals surface area contributed by atoms with E-state index in [9.17, 15) is 9.90 Å². The van der Waals surface area contributed by atoms with Crippen molar-refractivity contribution >= 4 is 5.78 Å². The van der Waals surface area contributed by atoms with Crippen molar-refractivity contribution in [2.24, 2.45) is 11.8 Å². The minimum absolute atomic E-state index is 0.0940.